The van der Waals surface area contributed by atoms with E-state index < -0.39 is 0 Å². The maximum atomic E-state index is 12.2. The zero-order valence-corrected chi connectivity index (χ0v) is 12.1. The summed E-state index contributed by atoms with van der Waals surface area (Å²) < 4.78 is 0. The van der Waals surface area contributed by atoms with Crippen molar-refractivity contribution >= 4 is 34.8 Å². The van der Waals surface area contributed by atoms with E-state index in [1.54, 1.807) is 0 Å². The summed E-state index contributed by atoms with van der Waals surface area (Å²) in [4.78, 5) is 14.4. The highest BCUT2D eigenvalue weighted by molar-refractivity contribution is 6.44. The molecule has 0 aliphatic carbocycles. The van der Waals surface area contributed by atoms with E-state index in [1.807, 2.05) is 12.1 Å². The number of nitrogens with two attached hydrogens (primary N) is 1. The minimum absolute atomic E-state index is 0.225. The summed E-state index contributed by atoms with van der Waals surface area (Å²) >= 11 is 11.9. The number of rotatable bonds is 2. The highest BCUT2D eigenvalue weighted by atomic mass is 35.5. The van der Waals surface area contributed by atoms with Gasteiger partial charge < -0.3 is 10.6 Å². The Morgan fingerprint density at radius 2 is 1.89 bits per heavy atom. The second-order valence-electron chi connectivity index (χ2n) is 4.60. The number of carbonyl (C=O) groups is 1. The molecule has 1 aromatic rings. The summed E-state index contributed by atoms with van der Waals surface area (Å²) in [6, 6.07) is 3.05. The molecule has 0 radical (unpaired) electrons. The number of likely N-dealkylation sites (N-methyl/N-ethyl adjacent to an activating group) is 1. The molecule has 1 heterocycles. The van der Waals surface area contributed by atoms with E-state index in [0.29, 0.717) is 11.3 Å². The quantitative estimate of drug-likeness (QED) is 0.812. The Labute approximate surface area is 122 Å². The van der Waals surface area contributed by atoms with Crippen LogP contribution in [-0.4, -0.2) is 49.0 Å². The van der Waals surface area contributed by atoms with E-state index in [0.717, 1.165) is 26.2 Å². The fraction of sp³-hybridized carbons (Fsp3) is 0.417. The van der Waals surface area contributed by atoms with Crippen molar-refractivity contribution in [3.05, 3.63) is 27.7 Å². The predicted octanol–water partition coefficient (Wildman–Crippen LogP) is 1.47. The second kappa shape index (κ2) is 5.96. The molecule has 1 aliphatic rings. The molecule has 0 atom stereocenters. The molecule has 1 aromatic carbocycles. The topological polar surface area (TPSA) is 61.6 Å². The van der Waals surface area contributed by atoms with Crippen molar-refractivity contribution in [3.8, 4) is 0 Å². The SMILES string of the molecule is CN1CCN(NC(=O)c2cc(N)cc(Cl)c2Cl)CC1. The average molecular weight is 303 g/mol. The van der Waals surface area contributed by atoms with Gasteiger partial charge >= 0.3 is 0 Å². The van der Waals surface area contributed by atoms with E-state index in [4.69, 9.17) is 28.9 Å². The molecule has 1 amide bonds. The standard InChI is InChI=1S/C12H16Cl2N4O/c1-17-2-4-18(5-3-17)16-12(19)9-6-8(15)7-10(13)11(9)14/h6-7H,2-5,15H2,1H3,(H,16,19). The Bertz CT molecular complexity index is 487. The Kier molecular flexibility index (Phi) is 4.52. The highest BCUT2D eigenvalue weighted by Gasteiger charge is 2.19. The number of halogens is 2. The van der Waals surface area contributed by atoms with Crippen LogP contribution in [0.3, 0.4) is 0 Å². The fourth-order valence-electron chi connectivity index (χ4n) is 1.90. The van der Waals surface area contributed by atoms with Crippen molar-refractivity contribution in [1.29, 1.82) is 0 Å². The number of hydrogen-bond donors (Lipinski definition) is 2. The van der Waals surface area contributed by atoms with Gasteiger partial charge in [-0.05, 0) is 19.2 Å². The van der Waals surface area contributed by atoms with Crippen molar-refractivity contribution in [3.63, 3.8) is 0 Å². The van der Waals surface area contributed by atoms with Crippen molar-refractivity contribution in [2.45, 2.75) is 0 Å². The molecule has 1 saturated heterocycles. The molecule has 3 N–H and O–H groups in total. The molecule has 0 saturated carbocycles. The number of nitrogen functional groups attached to an aromatic ring is 1. The number of amides is 1. The van der Waals surface area contributed by atoms with Crippen molar-refractivity contribution in [1.82, 2.24) is 15.3 Å². The molecule has 0 bridgehead atoms. The lowest BCUT2D eigenvalue weighted by atomic mass is 10.2. The Balaban J connectivity index is 2.08. The Morgan fingerprint density at radius 1 is 1.26 bits per heavy atom. The van der Waals surface area contributed by atoms with Crippen LogP contribution in [-0.2, 0) is 0 Å². The number of nitrogens with zero attached hydrogens (tertiary/aromatic N) is 2. The lowest BCUT2D eigenvalue weighted by Gasteiger charge is -2.32. The number of carbonyl (C=O) groups excluding carboxylic acids is 1. The van der Waals surface area contributed by atoms with Crippen LogP contribution in [0.15, 0.2) is 12.1 Å². The van der Waals surface area contributed by atoms with Gasteiger partial charge in [0.1, 0.15) is 0 Å². The van der Waals surface area contributed by atoms with Gasteiger partial charge in [-0.25, -0.2) is 5.01 Å². The van der Waals surface area contributed by atoms with Gasteiger partial charge in [0, 0.05) is 31.9 Å². The summed E-state index contributed by atoms with van der Waals surface area (Å²) in [6.45, 7) is 3.36. The third-order valence-corrected chi connectivity index (χ3v) is 3.86. The lowest BCUT2D eigenvalue weighted by Crippen LogP contribution is -2.52. The van der Waals surface area contributed by atoms with Crippen LogP contribution in [0.1, 0.15) is 10.4 Å². The number of nitrogens with one attached hydrogen (secondary N) is 1. The first-order valence-corrected chi connectivity index (χ1v) is 6.72. The molecule has 2 rings (SSSR count). The molecule has 5 nitrogen and oxygen atoms in total. The van der Waals surface area contributed by atoms with Gasteiger partial charge in [0.25, 0.3) is 5.91 Å². The van der Waals surface area contributed by atoms with Crippen LogP contribution in [0.4, 0.5) is 5.69 Å². The van der Waals surface area contributed by atoms with Gasteiger partial charge in [-0.2, -0.15) is 0 Å². The van der Waals surface area contributed by atoms with Crippen LogP contribution in [0.2, 0.25) is 10.0 Å². The second-order valence-corrected chi connectivity index (χ2v) is 5.38. The first-order valence-electron chi connectivity index (χ1n) is 5.96. The van der Waals surface area contributed by atoms with Gasteiger partial charge in [-0.1, -0.05) is 23.2 Å². The zero-order valence-electron chi connectivity index (χ0n) is 10.6. The van der Waals surface area contributed by atoms with Crippen LogP contribution >= 0.6 is 23.2 Å². The van der Waals surface area contributed by atoms with E-state index in [2.05, 4.69) is 10.3 Å². The predicted molar refractivity (Wildman–Crippen MR) is 77.4 cm³/mol. The normalized spacial score (nSPS) is 17.4. The Morgan fingerprint density at radius 3 is 2.53 bits per heavy atom. The van der Waals surface area contributed by atoms with E-state index >= 15 is 0 Å². The van der Waals surface area contributed by atoms with Crippen LogP contribution in [0.5, 0.6) is 0 Å². The van der Waals surface area contributed by atoms with Crippen molar-refractivity contribution in [2.75, 3.05) is 39.0 Å². The van der Waals surface area contributed by atoms with Crippen molar-refractivity contribution in [2.24, 2.45) is 0 Å². The largest absolute Gasteiger partial charge is 0.399 e. The Hall–Kier alpha value is -1.01. The number of benzene rings is 1. The van der Waals surface area contributed by atoms with Gasteiger partial charge in [-0.15, -0.1) is 0 Å². The lowest BCUT2D eigenvalue weighted by molar-refractivity contribution is 0.0662. The molecular weight excluding hydrogens is 287 g/mol. The smallest absolute Gasteiger partial charge is 0.267 e. The summed E-state index contributed by atoms with van der Waals surface area (Å²) in [5.74, 6) is -0.288. The number of hydrazine groups is 1. The van der Waals surface area contributed by atoms with Gasteiger partial charge in [-0.3, -0.25) is 10.2 Å². The maximum absolute atomic E-state index is 12.2. The van der Waals surface area contributed by atoms with Crippen LogP contribution in [0, 0.1) is 0 Å². The molecule has 1 aliphatic heterocycles. The van der Waals surface area contributed by atoms with E-state index in [9.17, 15) is 4.79 Å². The van der Waals surface area contributed by atoms with Gasteiger partial charge in [0.05, 0.1) is 15.6 Å². The third-order valence-electron chi connectivity index (χ3n) is 3.06. The molecule has 19 heavy (non-hydrogen) atoms. The number of hydrogen-bond acceptors (Lipinski definition) is 4. The van der Waals surface area contributed by atoms with Gasteiger partial charge in [0.15, 0.2) is 0 Å². The highest BCUT2D eigenvalue weighted by Crippen LogP contribution is 2.28. The monoisotopic (exact) mass is 302 g/mol. The van der Waals surface area contributed by atoms with E-state index in [1.165, 1.54) is 12.1 Å². The third kappa shape index (κ3) is 3.51. The maximum Gasteiger partial charge on any atom is 0.267 e. The average Bonchev–Trinajstić information content (AvgIpc) is 2.36. The number of anilines is 1. The number of piperazine rings is 1. The molecule has 7 heteroatoms. The first kappa shape index (κ1) is 14.4. The van der Waals surface area contributed by atoms with E-state index in [-0.39, 0.29) is 16.0 Å². The molecule has 104 valence electrons. The zero-order chi connectivity index (χ0) is 14.0. The summed E-state index contributed by atoms with van der Waals surface area (Å²) in [5, 5.41) is 2.38. The van der Waals surface area contributed by atoms with Crippen LogP contribution in [0.25, 0.3) is 0 Å². The fourth-order valence-corrected chi connectivity index (χ4v) is 2.32. The summed E-state index contributed by atoms with van der Waals surface area (Å²) in [7, 11) is 2.05. The minimum Gasteiger partial charge on any atom is -0.399 e. The van der Waals surface area contributed by atoms with Crippen molar-refractivity contribution < 1.29 is 4.79 Å². The first-order chi connectivity index (χ1) is 8.97. The molecule has 0 unspecified atom stereocenters. The summed E-state index contributed by atoms with van der Waals surface area (Å²) in [6.07, 6.45) is 0. The molecule has 0 aromatic heterocycles. The van der Waals surface area contributed by atoms with Crippen LogP contribution < -0.4 is 11.2 Å². The summed E-state index contributed by atoms with van der Waals surface area (Å²) in [5.41, 5.74) is 9.21. The molecule has 0 spiro atoms. The minimum atomic E-state index is -0.288. The molecule has 1 fully saturated rings. The van der Waals surface area contributed by atoms with Gasteiger partial charge in [0.2, 0.25) is 0 Å². The molecular formula is C12H16Cl2N4O.